The van der Waals surface area contributed by atoms with Crippen LogP contribution in [0.25, 0.3) is 0 Å². The van der Waals surface area contributed by atoms with Gasteiger partial charge >= 0.3 is 0 Å². The first-order valence-corrected chi connectivity index (χ1v) is 7.37. The Morgan fingerprint density at radius 1 is 1.05 bits per heavy atom. The average Bonchev–Trinajstić information content (AvgIpc) is 2.40. The summed E-state index contributed by atoms with van der Waals surface area (Å²) < 4.78 is 5.45. The van der Waals surface area contributed by atoms with Gasteiger partial charge in [0.1, 0.15) is 5.75 Å². The molecule has 0 spiro atoms. The summed E-state index contributed by atoms with van der Waals surface area (Å²) in [6, 6.07) is 12.1. The molecule has 0 aliphatic heterocycles. The molecule has 1 nitrogen and oxygen atoms in total. The summed E-state index contributed by atoms with van der Waals surface area (Å²) >= 11 is 9.87. The maximum absolute atomic E-state index is 6.10. The topological polar surface area (TPSA) is 9.23 Å². The van der Waals surface area contributed by atoms with E-state index in [2.05, 4.69) is 35.8 Å². The van der Waals surface area contributed by atoms with Gasteiger partial charge in [-0.25, -0.2) is 0 Å². The molecule has 0 aromatic heterocycles. The maximum atomic E-state index is 6.10. The van der Waals surface area contributed by atoms with Crippen LogP contribution in [0.1, 0.15) is 27.1 Å². The van der Waals surface area contributed by atoms with Crippen LogP contribution < -0.4 is 4.74 Å². The SMILES string of the molecule is COc1ccc(C)cc1C(Br)c1cc(Cl)ccc1C. The third-order valence-electron chi connectivity index (χ3n) is 3.17. The zero-order valence-electron chi connectivity index (χ0n) is 11.2. The van der Waals surface area contributed by atoms with Crippen LogP contribution in [0.4, 0.5) is 0 Å². The van der Waals surface area contributed by atoms with E-state index in [9.17, 15) is 0 Å². The highest BCUT2D eigenvalue weighted by molar-refractivity contribution is 9.09. The summed E-state index contributed by atoms with van der Waals surface area (Å²) in [5.41, 5.74) is 4.69. The average molecular weight is 340 g/mol. The van der Waals surface area contributed by atoms with Crippen molar-refractivity contribution >= 4 is 27.5 Å². The number of benzene rings is 2. The Labute approximate surface area is 127 Å². The molecule has 0 amide bonds. The van der Waals surface area contributed by atoms with Crippen LogP contribution in [-0.4, -0.2) is 7.11 Å². The van der Waals surface area contributed by atoms with Crippen molar-refractivity contribution in [2.45, 2.75) is 18.7 Å². The first-order chi connectivity index (χ1) is 9.02. The molecule has 0 heterocycles. The fraction of sp³-hybridized carbons (Fsp3) is 0.250. The summed E-state index contributed by atoms with van der Waals surface area (Å²) in [4.78, 5) is 0.0704. The van der Waals surface area contributed by atoms with Gasteiger partial charge in [0.25, 0.3) is 0 Å². The van der Waals surface area contributed by atoms with E-state index in [1.165, 1.54) is 11.1 Å². The van der Waals surface area contributed by atoms with Crippen LogP contribution in [0.3, 0.4) is 0 Å². The van der Waals surface area contributed by atoms with Crippen molar-refractivity contribution in [2.24, 2.45) is 0 Å². The second-order valence-corrected chi connectivity index (χ2v) is 5.96. The third-order valence-corrected chi connectivity index (χ3v) is 4.39. The Kier molecular flexibility index (Phi) is 4.54. The van der Waals surface area contributed by atoms with Crippen LogP contribution in [0.5, 0.6) is 5.75 Å². The van der Waals surface area contributed by atoms with Crippen molar-refractivity contribution in [1.82, 2.24) is 0 Å². The van der Waals surface area contributed by atoms with Gasteiger partial charge in [0.15, 0.2) is 0 Å². The van der Waals surface area contributed by atoms with Gasteiger partial charge in [0.05, 0.1) is 11.9 Å². The highest BCUT2D eigenvalue weighted by Crippen LogP contribution is 2.39. The second-order valence-electron chi connectivity index (χ2n) is 4.61. The molecule has 0 saturated carbocycles. The van der Waals surface area contributed by atoms with E-state index in [-0.39, 0.29) is 4.83 Å². The molecule has 0 radical (unpaired) electrons. The minimum atomic E-state index is 0.0704. The Morgan fingerprint density at radius 3 is 2.47 bits per heavy atom. The molecule has 2 aromatic carbocycles. The van der Waals surface area contributed by atoms with Crippen molar-refractivity contribution in [2.75, 3.05) is 7.11 Å². The number of alkyl halides is 1. The van der Waals surface area contributed by atoms with Crippen molar-refractivity contribution in [3.8, 4) is 5.75 Å². The van der Waals surface area contributed by atoms with E-state index in [4.69, 9.17) is 16.3 Å². The van der Waals surface area contributed by atoms with Crippen LogP contribution in [0.15, 0.2) is 36.4 Å². The predicted molar refractivity (Wildman–Crippen MR) is 84.7 cm³/mol. The van der Waals surface area contributed by atoms with Crippen LogP contribution in [0.2, 0.25) is 5.02 Å². The zero-order chi connectivity index (χ0) is 14.0. The fourth-order valence-corrected chi connectivity index (χ4v) is 3.14. The van der Waals surface area contributed by atoms with Crippen molar-refractivity contribution in [3.05, 3.63) is 63.7 Å². The van der Waals surface area contributed by atoms with Crippen molar-refractivity contribution in [1.29, 1.82) is 0 Å². The van der Waals surface area contributed by atoms with Gasteiger partial charge in [0, 0.05) is 10.6 Å². The van der Waals surface area contributed by atoms with Gasteiger partial charge in [-0.2, -0.15) is 0 Å². The number of aryl methyl sites for hydroxylation is 2. The van der Waals surface area contributed by atoms with Crippen molar-refractivity contribution < 1.29 is 4.74 Å². The molecule has 1 unspecified atom stereocenters. The largest absolute Gasteiger partial charge is 0.496 e. The van der Waals surface area contributed by atoms with Gasteiger partial charge in [0.2, 0.25) is 0 Å². The minimum absolute atomic E-state index is 0.0704. The van der Waals surface area contributed by atoms with E-state index >= 15 is 0 Å². The Morgan fingerprint density at radius 2 is 1.79 bits per heavy atom. The van der Waals surface area contributed by atoms with E-state index < -0.39 is 0 Å². The molecule has 19 heavy (non-hydrogen) atoms. The number of hydrogen-bond donors (Lipinski definition) is 0. The lowest BCUT2D eigenvalue weighted by atomic mass is 9.98. The van der Waals surface area contributed by atoms with Crippen LogP contribution in [0, 0.1) is 13.8 Å². The number of methoxy groups -OCH3 is 1. The lowest BCUT2D eigenvalue weighted by Crippen LogP contribution is -1.99. The molecule has 0 fully saturated rings. The highest BCUT2D eigenvalue weighted by Gasteiger charge is 2.17. The van der Waals surface area contributed by atoms with Gasteiger partial charge in [-0.15, -0.1) is 0 Å². The molecule has 2 aromatic rings. The fourth-order valence-electron chi connectivity index (χ4n) is 2.10. The van der Waals surface area contributed by atoms with Gasteiger partial charge in [-0.1, -0.05) is 51.3 Å². The van der Waals surface area contributed by atoms with Gasteiger partial charge in [-0.3, -0.25) is 0 Å². The van der Waals surface area contributed by atoms with E-state index in [0.29, 0.717) is 0 Å². The number of halogens is 2. The zero-order valence-corrected chi connectivity index (χ0v) is 13.5. The number of ether oxygens (including phenoxy) is 1. The first-order valence-electron chi connectivity index (χ1n) is 6.07. The summed E-state index contributed by atoms with van der Waals surface area (Å²) in [7, 11) is 1.69. The molecular formula is C16H16BrClO. The quantitative estimate of drug-likeness (QED) is 0.676. The summed E-state index contributed by atoms with van der Waals surface area (Å²) in [5, 5.41) is 0.747. The van der Waals surface area contributed by atoms with E-state index in [0.717, 1.165) is 21.9 Å². The molecule has 3 heteroatoms. The standard InChI is InChI=1S/C16H16BrClO/c1-10-4-7-15(19-3)14(8-10)16(17)13-9-12(18)6-5-11(13)2/h4-9,16H,1-3H3. The summed E-state index contributed by atoms with van der Waals surface area (Å²) in [6.45, 7) is 4.16. The normalized spacial score (nSPS) is 12.3. The lowest BCUT2D eigenvalue weighted by molar-refractivity contribution is 0.410. The second kappa shape index (κ2) is 5.98. The van der Waals surface area contributed by atoms with E-state index in [1.54, 1.807) is 7.11 Å². The predicted octanol–water partition coefficient (Wildman–Crippen LogP) is 5.45. The lowest BCUT2D eigenvalue weighted by Gasteiger charge is -2.17. The molecule has 100 valence electrons. The molecule has 1 atom stereocenters. The third kappa shape index (κ3) is 3.13. The van der Waals surface area contributed by atoms with Crippen molar-refractivity contribution in [3.63, 3.8) is 0 Å². The molecular weight excluding hydrogens is 324 g/mol. The first kappa shape index (κ1) is 14.4. The summed E-state index contributed by atoms with van der Waals surface area (Å²) in [6.07, 6.45) is 0. The molecule has 0 N–H and O–H groups in total. The molecule has 0 aliphatic carbocycles. The molecule has 0 bridgehead atoms. The monoisotopic (exact) mass is 338 g/mol. The van der Waals surface area contributed by atoms with Gasteiger partial charge < -0.3 is 4.74 Å². The number of rotatable bonds is 3. The summed E-state index contributed by atoms with van der Waals surface area (Å²) in [5.74, 6) is 0.881. The Bertz CT molecular complexity index is 595. The maximum Gasteiger partial charge on any atom is 0.123 e. The molecule has 0 aliphatic rings. The minimum Gasteiger partial charge on any atom is -0.496 e. The number of hydrogen-bond acceptors (Lipinski definition) is 1. The van der Waals surface area contributed by atoms with E-state index in [1.807, 2.05) is 30.3 Å². The molecule has 0 saturated heterocycles. The van der Waals surface area contributed by atoms with Crippen LogP contribution in [-0.2, 0) is 0 Å². The Hall–Kier alpha value is -0.990. The highest BCUT2D eigenvalue weighted by atomic mass is 79.9. The smallest absolute Gasteiger partial charge is 0.123 e. The molecule has 2 rings (SSSR count). The Balaban J connectivity index is 2.51. The van der Waals surface area contributed by atoms with Crippen LogP contribution >= 0.6 is 27.5 Å². The van der Waals surface area contributed by atoms with Gasteiger partial charge in [-0.05, 0) is 43.2 Å².